The van der Waals surface area contributed by atoms with Crippen LogP contribution in [0.2, 0.25) is 0 Å². The summed E-state index contributed by atoms with van der Waals surface area (Å²) in [6, 6.07) is 6.12. The SMILES string of the molecule is O=C(C1CCN(CCCOc2ccc(F)cc2)CC1)N1CCOCC1. The van der Waals surface area contributed by atoms with Crippen LogP contribution in [0.15, 0.2) is 24.3 Å². The third-order valence-electron chi connectivity index (χ3n) is 4.96. The van der Waals surface area contributed by atoms with Gasteiger partial charge in [-0.3, -0.25) is 4.79 Å². The van der Waals surface area contributed by atoms with Crippen molar-refractivity contribution in [3.8, 4) is 5.75 Å². The van der Waals surface area contributed by atoms with E-state index in [0.717, 1.165) is 52.0 Å². The van der Waals surface area contributed by atoms with E-state index in [0.29, 0.717) is 31.5 Å². The fourth-order valence-corrected chi connectivity index (χ4v) is 3.45. The molecule has 6 heteroatoms. The molecule has 2 aliphatic heterocycles. The molecule has 0 aliphatic carbocycles. The van der Waals surface area contributed by atoms with Crippen LogP contribution in [0.1, 0.15) is 19.3 Å². The zero-order chi connectivity index (χ0) is 17.5. The van der Waals surface area contributed by atoms with E-state index in [9.17, 15) is 9.18 Å². The van der Waals surface area contributed by atoms with Gasteiger partial charge in [-0.15, -0.1) is 0 Å². The monoisotopic (exact) mass is 350 g/mol. The smallest absolute Gasteiger partial charge is 0.225 e. The van der Waals surface area contributed by atoms with Crippen molar-refractivity contribution in [3.63, 3.8) is 0 Å². The van der Waals surface area contributed by atoms with Crippen LogP contribution in [0.3, 0.4) is 0 Å². The van der Waals surface area contributed by atoms with Gasteiger partial charge in [-0.05, 0) is 56.6 Å². The second kappa shape index (κ2) is 9.15. The molecule has 1 aromatic rings. The molecule has 2 saturated heterocycles. The van der Waals surface area contributed by atoms with E-state index in [4.69, 9.17) is 9.47 Å². The van der Waals surface area contributed by atoms with Crippen molar-refractivity contribution in [2.75, 3.05) is 52.5 Å². The normalized spacial score (nSPS) is 19.8. The summed E-state index contributed by atoms with van der Waals surface area (Å²) in [5.41, 5.74) is 0. The fourth-order valence-electron chi connectivity index (χ4n) is 3.45. The molecule has 2 fully saturated rings. The molecule has 0 aromatic heterocycles. The molecule has 0 bridgehead atoms. The second-order valence-electron chi connectivity index (χ2n) is 6.71. The van der Waals surface area contributed by atoms with Crippen molar-refractivity contribution in [1.29, 1.82) is 0 Å². The third-order valence-corrected chi connectivity index (χ3v) is 4.96. The van der Waals surface area contributed by atoms with Gasteiger partial charge in [0.2, 0.25) is 5.91 Å². The van der Waals surface area contributed by atoms with Crippen LogP contribution >= 0.6 is 0 Å². The Labute approximate surface area is 148 Å². The third kappa shape index (κ3) is 5.41. The lowest BCUT2D eigenvalue weighted by molar-refractivity contribution is -0.141. The lowest BCUT2D eigenvalue weighted by Crippen LogP contribution is -2.46. The Kier molecular flexibility index (Phi) is 6.64. The average Bonchev–Trinajstić information content (AvgIpc) is 2.67. The first-order valence-corrected chi connectivity index (χ1v) is 9.19. The van der Waals surface area contributed by atoms with Gasteiger partial charge in [0.15, 0.2) is 0 Å². The van der Waals surface area contributed by atoms with E-state index in [1.165, 1.54) is 12.1 Å². The molecule has 0 unspecified atom stereocenters. The van der Waals surface area contributed by atoms with E-state index in [-0.39, 0.29) is 11.7 Å². The second-order valence-corrected chi connectivity index (χ2v) is 6.71. The molecule has 0 saturated carbocycles. The summed E-state index contributed by atoms with van der Waals surface area (Å²) in [7, 11) is 0. The van der Waals surface area contributed by atoms with Gasteiger partial charge < -0.3 is 19.3 Å². The lowest BCUT2D eigenvalue weighted by atomic mass is 9.95. The van der Waals surface area contributed by atoms with Crippen LogP contribution in [0.4, 0.5) is 4.39 Å². The van der Waals surface area contributed by atoms with Crippen molar-refractivity contribution >= 4 is 5.91 Å². The number of ether oxygens (including phenoxy) is 2. The highest BCUT2D eigenvalue weighted by Crippen LogP contribution is 2.20. The Balaban J connectivity index is 1.31. The van der Waals surface area contributed by atoms with Crippen molar-refractivity contribution in [3.05, 3.63) is 30.1 Å². The summed E-state index contributed by atoms with van der Waals surface area (Å²) in [6.45, 7) is 6.34. The van der Waals surface area contributed by atoms with Crippen LogP contribution in [0.25, 0.3) is 0 Å². The van der Waals surface area contributed by atoms with Crippen LogP contribution in [-0.2, 0) is 9.53 Å². The minimum atomic E-state index is -0.248. The van der Waals surface area contributed by atoms with Crippen molar-refractivity contribution < 1.29 is 18.7 Å². The van der Waals surface area contributed by atoms with Gasteiger partial charge >= 0.3 is 0 Å². The maximum absolute atomic E-state index is 12.8. The maximum Gasteiger partial charge on any atom is 0.225 e. The van der Waals surface area contributed by atoms with Crippen molar-refractivity contribution in [1.82, 2.24) is 9.80 Å². The first-order valence-electron chi connectivity index (χ1n) is 9.19. The number of likely N-dealkylation sites (tertiary alicyclic amines) is 1. The van der Waals surface area contributed by atoms with Crippen molar-refractivity contribution in [2.45, 2.75) is 19.3 Å². The Bertz CT molecular complexity index is 538. The maximum atomic E-state index is 12.8. The average molecular weight is 350 g/mol. The number of hydrogen-bond acceptors (Lipinski definition) is 4. The van der Waals surface area contributed by atoms with E-state index in [1.807, 2.05) is 4.90 Å². The number of amides is 1. The number of benzene rings is 1. The Morgan fingerprint density at radius 2 is 1.80 bits per heavy atom. The van der Waals surface area contributed by atoms with Crippen LogP contribution in [0, 0.1) is 11.7 Å². The molecule has 0 N–H and O–H groups in total. The van der Waals surface area contributed by atoms with Gasteiger partial charge in [-0.25, -0.2) is 4.39 Å². The topological polar surface area (TPSA) is 42.0 Å². The number of carbonyl (C=O) groups excluding carboxylic acids is 1. The molecule has 2 aliphatic rings. The summed E-state index contributed by atoms with van der Waals surface area (Å²) in [4.78, 5) is 16.9. The van der Waals surface area contributed by atoms with E-state index >= 15 is 0 Å². The number of halogens is 1. The molecule has 0 atom stereocenters. The molecule has 1 amide bonds. The summed E-state index contributed by atoms with van der Waals surface area (Å²) in [5, 5.41) is 0. The molecule has 0 radical (unpaired) electrons. The van der Waals surface area contributed by atoms with Gasteiger partial charge in [0.25, 0.3) is 0 Å². The minimum Gasteiger partial charge on any atom is -0.494 e. The minimum absolute atomic E-state index is 0.171. The molecule has 3 rings (SSSR count). The molecule has 2 heterocycles. The Hall–Kier alpha value is -1.66. The first kappa shape index (κ1) is 18.1. The van der Waals surface area contributed by atoms with Gasteiger partial charge in [-0.1, -0.05) is 0 Å². The highest BCUT2D eigenvalue weighted by Gasteiger charge is 2.29. The summed E-state index contributed by atoms with van der Waals surface area (Å²) < 4.78 is 23.8. The quantitative estimate of drug-likeness (QED) is 0.738. The Morgan fingerprint density at radius 1 is 1.12 bits per heavy atom. The highest BCUT2D eigenvalue weighted by molar-refractivity contribution is 5.79. The van der Waals surface area contributed by atoms with Gasteiger partial charge in [0.05, 0.1) is 19.8 Å². The fraction of sp³-hybridized carbons (Fsp3) is 0.632. The molecule has 138 valence electrons. The summed E-state index contributed by atoms with van der Waals surface area (Å²) >= 11 is 0. The lowest BCUT2D eigenvalue weighted by Gasteiger charge is -2.35. The standard InChI is InChI=1S/C19H27FN2O3/c20-17-2-4-18(5-3-17)25-13-1-8-21-9-6-16(7-10-21)19(23)22-11-14-24-15-12-22/h2-5,16H,1,6-15H2. The van der Waals surface area contributed by atoms with Gasteiger partial charge in [0.1, 0.15) is 11.6 Å². The molecule has 5 nitrogen and oxygen atoms in total. The van der Waals surface area contributed by atoms with Crippen molar-refractivity contribution in [2.24, 2.45) is 5.92 Å². The van der Waals surface area contributed by atoms with E-state index < -0.39 is 0 Å². The van der Waals surface area contributed by atoms with Crippen LogP contribution < -0.4 is 4.74 Å². The molecule has 1 aromatic carbocycles. The number of rotatable bonds is 6. The number of piperidine rings is 1. The van der Waals surface area contributed by atoms with Crippen LogP contribution in [-0.4, -0.2) is 68.3 Å². The summed E-state index contributed by atoms with van der Waals surface area (Å²) in [6.07, 6.45) is 2.81. The molecular formula is C19H27FN2O3. The number of morpholine rings is 1. The van der Waals surface area contributed by atoms with E-state index in [2.05, 4.69) is 4.90 Å². The zero-order valence-corrected chi connectivity index (χ0v) is 14.7. The molecule has 25 heavy (non-hydrogen) atoms. The predicted molar refractivity (Wildman–Crippen MR) is 93.1 cm³/mol. The Morgan fingerprint density at radius 3 is 2.48 bits per heavy atom. The number of hydrogen-bond donors (Lipinski definition) is 0. The summed E-state index contributed by atoms with van der Waals surface area (Å²) in [5.74, 6) is 0.936. The number of carbonyl (C=O) groups is 1. The first-order chi connectivity index (χ1) is 12.2. The van der Waals surface area contributed by atoms with Gasteiger partial charge in [-0.2, -0.15) is 0 Å². The van der Waals surface area contributed by atoms with Crippen LogP contribution in [0.5, 0.6) is 5.75 Å². The number of nitrogens with zero attached hydrogens (tertiary/aromatic N) is 2. The van der Waals surface area contributed by atoms with Gasteiger partial charge in [0, 0.05) is 25.6 Å². The molecular weight excluding hydrogens is 323 g/mol. The largest absolute Gasteiger partial charge is 0.494 e. The zero-order valence-electron chi connectivity index (χ0n) is 14.7. The van der Waals surface area contributed by atoms with E-state index in [1.54, 1.807) is 12.1 Å². The predicted octanol–water partition coefficient (Wildman–Crippen LogP) is 2.17. The highest BCUT2D eigenvalue weighted by atomic mass is 19.1. The molecule has 0 spiro atoms.